The first-order valence-corrected chi connectivity index (χ1v) is 5.71. The molecule has 0 radical (unpaired) electrons. The van der Waals surface area contributed by atoms with Gasteiger partial charge in [-0.3, -0.25) is 9.97 Å². The van der Waals surface area contributed by atoms with Gasteiger partial charge in [0, 0.05) is 18.3 Å². The van der Waals surface area contributed by atoms with Crippen LogP contribution in [-0.4, -0.2) is 9.97 Å². The van der Waals surface area contributed by atoms with Crippen molar-refractivity contribution in [2.45, 2.75) is 51.4 Å². The maximum absolute atomic E-state index is 4.51. The molecule has 0 atom stereocenters. The Balaban J connectivity index is 2.07. The maximum atomic E-state index is 4.51. The van der Waals surface area contributed by atoms with Crippen molar-refractivity contribution in [3.8, 4) is 0 Å². The van der Waals surface area contributed by atoms with Crippen molar-refractivity contribution in [3.63, 3.8) is 0 Å². The lowest BCUT2D eigenvalue weighted by Crippen LogP contribution is -2.07. The van der Waals surface area contributed by atoms with Crippen LogP contribution in [0.1, 0.15) is 56.3 Å². The first-order valence-electron chi connectivity index (χ1n) is 5.71. The molecule has 1 saturated carbocycles. The molecule has 0 aliphatic heterocycles. The Morgan fingerprint density at radius 2 is 1.93 bits per heavy atom. The highest BCUT2D eigenvalue weighted by Crippen LogP contribution is 2.30. The smallest absolute Gasteiger partial charge is 0.0617 e. The molecule has 0 N–H and O–H groups in total. The predicted octanol–water partition coefficient (Wildman–Crippen LogP) is 3.09. The zero-order valence-corrected chi connectivity index (χ0v) is 8.87. The summed E-state index contributed by atoms with van der Waals surface area (Å²) in [6.45, 7) is 2.12. The molecule has 2 nitrogen and oxygen atoms in total. The minimum absolute atomic E-state index is 0.683. The Morgan fingerprint density at radius 3 is 2.50 bits per heavy atom. The molecule has 0 amide bonds. The van der Waals surface area contributed by atoms with E-state index < -0.39 is 0 Å². The quantitative estimate of drug-likeness (QED) is 0.716. The fraction of sp³-hybridized carbons (Fsp3) is 0.667. The van der Waals surface area contributed by atoms with Crippen molar-refractivity contribution in [1.29, 1.82) is 0 Å². The second-order valence-electron chi connectivity index (χ2n) is 4.12. The van der Waals surface area contributed by atoms with Gasteiger partial charge in [-0.05, 0) is 19.3 Å². The van der Waals surface area contributed by atoms with Crippen LogP contribution in [-0.2, 0) is 6.42 Å². The number of nitrogens with zero attached hydrogens (tertiary/aromatic N) is 2. The first kappa shape index (κ1) is 9.63. The predicted molar refractivity (Wildman–Crippen MR) is 57.2 cm³/mol. The van der Waals surface area contributed by atoms with E-state index in [2.05, 4.69) is 16.9 Å². The monoisotopic (exact) mass is 190 g/mol. The zero-order chi connectivity index (χ0) is 9.80. The molecule has 1 aliphatic carbocycles. The SMILES string of the molecule is CCc1cnc(C2CCCCC2)cn1. The summed E-state index contributed by atoms with van der Waals surface area (Å²) < 4.78 is 0. The molecule has 1 heterocycles. The number of hydrogen-bond donors (Lipinski definition) is 0. The molecule has 1 aliphatic rings. The van der Waals surface area contributed by atoms with Gasteiger partial charge in [-0.2, -0.15) is 0 Å². The summed E-state index contributed by atoms with van der Waals surface area (Å²) >= 11 is 0. The highest BCUT2D eigenvalue weighted by Gasteiger charge is 2.16. The zero-order valence-electron chi connectivity index (χ0n) is 8.87. The van der Waals surface area contributed by atoms with E-state index >= 15 is 0 Å². The van der Waals surface area contributed by atoms with Gasteiger partial charge in [-0.15, -0.1) is 0 Å². The van der Waals surface area contributed by atoms with Crippen LogP contribution in [0.15, 0.2) is 12.4 Å². The van der Waals surface area contributed by atoms with Crippen molar-refractivity contribution in [2.24, 2.45) is 0 Å². The van der Waals surface area contributed by atoms with E-state index in [0.717, 1.165) is 12.1 Å². The standard InChI is InChI=1S/C12H18N2/c1-2-11-8-14-12(9-13-11)10-6-4-3-5-7-10/h8-10H,2-7H2,1H3. The van der Waals surface area contributed by atoms with E-state index in [1.54, 1.807) is 0 Å². The molecule has 0 spiro atoms. The summed E-state index contributed by atoms with van der Waals surface area (Å²) in [6.07, 6.45) is 11.6. The Morgan fingerprint density at radius 1 is 1.14 bits per heavy atom. The first-order chi connectivity index (χ1) is 6.90. The molecule has 1 aromatic heterocycles. The van der Waals surface area contributed by atoms with Gasteiger partial charge in [0.05, 0.1) is 11.4 Å². The summed E-state index contributed by atoms with van der Waals surface area (Å²) in [4.78, 5) is 8.92. The number of rotatable bonds is 2. The molecule has 2 heteroatoms. The molecular weight excluding hydrogens is 172 g/mol. The third-order valence-corrected chi connectivity index (χ3v) is 3.11. The van der Waals surface area contributed by atoms with Crippen LogP contribution in [0.5, 0.6) is 0 Å². The summed E-state index contributed by atoms with van der Waals surface area (Å²) in [5, 5.41) is 0. The topological polar surface area (TPSA) is 25.8 Å². The van der Waals surface area contributed by atoms with Crippen LogP contribution in [0.3, 0.4) is 0 Å². The van der Waals surface area contributed by atoms with E-state index in [0.29, 0.717) is 5.92 Å². The van der Waals surface area contributed by atoms with Crippen molar-refractivity contribution in [3.05, 3.63) is 23.8 Å². The average molecular weight is 190 g/mol. The summed E-state index contributed by atoms with van der Waals surface area (Å²) in [6, 6.07) is 0. The molecule has 0 bridgehead atoms. The van der Waals surface area contributed by atoms with Crippen molar-refractivity contribution >= 4 is 0 Å². The average Bonchev–Trinajstić information content (AvgIpc) is 2.30. The third kappa shape index (κ3) is 2.11. The van der Waals surface area contributed by atoms with Crippen LogP contribution < -0.4 is 0 Å². The van der Waals surface area contributed by atoms with Crippen LogP contribution in [0, 0.1) is 0 Å². The lowest BCUT2D eigenvalue weighted by molar-refractivity contribution is 0.435. The van der Waals surface area contributed by atoms with Crippen molar-refractivity contribution in [1.82, 2.24) is 9.97 Å². The summed E-state index contributed by atoms with van der Waals surface area (Å²) in [5.74, 6) is 0.683. The van der Waals surface area contributed by atoms with Gasteiger partial charge in [-0.1, -0.05) is 26.2 Å². The van der Waals surface area contributed by atoms with E-state index in [1.165, 1.54) is 37.8 Å². The highest BCUT2D eigenvalue weighted by molar-refractivity contribution is 5.08. The number of aromatic nitrogens is 2. The van der Waals surface area contributed by atoms with Gasteiger partial charge in [0.15, 0.2) is 0 Å². The van der Waals surface area contributed by atoms with Gasteiger partial charge in [0.1, 0.15) is 0 Å². The summed E-state index contributed by atoms with van der Waals surface area (Å²) in [7, 11) is 0. The molecule has 76 valence electrons. The van der Waals surface area contributed by atoms with Crippen LogP contribution in [0.25, 0.3) is 0 Å². The molecule has 2 rings (SSSR count). The van der Waals surface area contributed by atoms with E-state index in [-0.39, 0.29) is 0 Å². The van der Waals surface area contributed by atoms with Gasteiger partial charge in [-0.25, -0.2) is 0 Å². The minimum atomic E-state index is 0.683. The largest absolute Gasteiger partial charge is 0.258 e. The maximum Gasteiger partial charge on any atom is 0.0617 e. The van der Waals surface area contributed by atoms with Crippen LogP contribution in [0.2, 0.25) is 0 Å². The van der Waals surface area contributed by atoms with Gasteiger partial charge >= 0.3 is 0 Å². The molecule has 0 aromatic carbocycles. The molecule has 0 unspecified atom stereocenters. The Labute approximate surface area is 85.8 Å². The van der Waals surface area contributed by atoms with E-state index in [4.69, 9.17) is 0 Å². The highest BCUT2D eigenvalue weighted by atomic mass is 14.8. The van der Waals surface area contributed by atoms with Crippen LogP contribution >= 0.6 is 0 Å². The minimum Gasteiger partial charge on any atom is -0.258 e. The van der Waals surface area contributed by atoms with Crippen LogP contribution in [0.4, 0.5) is 0 Å². The Hall–Kier alpha value is -0.920. The fourth-order valence-corrected chi connectivity index (χ4v) is 2.16. The Bertz CT molecular complexity index is 273. The lowest BCUT2D eigenvalue weighted by atomic mass is 9.87. The number of aryl methyl sites for hydroxylation is 1. The van der Waals surface area contributed by atoms with Gasteiger partial charge in [0.25, 0.3) is 0 Å². The molecule has 1 aromatic rings. The molecular formula is C12H18N2. The summed E-state index contributed by atoms with van der Waals surface area (Å²) in [5.41, 5.74) is 2.31. The molecule has 0 saturated heterocycles. The van der Waals surface area contributed by atoms with Gasteiger partial charge < -0.3 is 0 Å². The van der Waals surface area contributed by atoms with Gasteiger partial charge in [0.2, 0.25) is 0 Å². The third-order valence-electron chi connectivity index (χ3n) is 3.11. The second-order valence-corrected chi connectivity index (χ2v) is 4.12. The number of hydrogen-bond acceptors (Lipinski definition) is 2. The normalized spacial score (nSPS) is 18.4. The van der Waals surface area contributed by atoms with E-state index in [1.807, 2.05) is 12.4 Å². The van der Waals surface area contributed by atoms with Crippen molar-refractivity contribution < 1.29 is 0 Å². The second kappa shape index (κ2) is 4.54. The lowest BCUT2D eigenvalue weighted by Gasteiger charge is -2.20. The molecule has 1 fully saturated rings. The molecule has 14 heavy (non-hydrogen) atoms. The van der Waals surface area contributed by atoms with E-state index in [9.17, 15) is 0 Å². The van der Waals surface area contributed by atoms with Crippen molar-refractivity contribution in [2.75, 3.05) is 0 Å². The fourth-order valence-electron chi connectivity index (χ4n) is 2.16. The Kier molecular flexibility index (Phi) is 3.12.